The van der Waals surface area contributed by atoms with Crippen LogP contribution in [0.4, 0.5) is 5.13 Å². The maximum absolute atomic E-state index is 12.3. The topological polar surface area (TPSA) is 63.2 Å². The molecular weight excluding hydrogens is 366 g/mol. The van der Waals surface area contributed by atoms with Crippen molar-refractivity contribution in [3.05, 3.63) is 53.1 Å². The van der Waals surface area contributed by atoms with Gasteiger partial charge in [0.05, 0.1) is 16.8 Å². The Hall–Kier alpha value is -2.51. The Morgan fingerprint density at radius 2 is 1.96 bits per heavy atom. The van der Waals surface area contributed by atoms with Gasteiger partial charge in [-0.1, -0.05) is 17.4 Å². The number of fused-ring (bicyclic) bond motifs is 1. The molecule has 1 heterocycles. The van der Waals surface area contributed by atoms with E-state index < -0.39 is 0 Å². The molecule has 2 aromatic carbocycles. The average molecular weight is 386 g/mol. The zero-order valence-corrected chi connectivity index (χ0v) is 16.4. The van der Waals surface area contributed by atoms with Crippen LogP contribution in [-0.4, -0.2) is 22.6 Å². The number of hydrogen-bond acceptors (Lipinski definition) is 5. The molecule has 2 N–H and O–H groups in total. The maximum atomic E-state index is 12.3. The van der Waals surface area contributed by atoms with E-state index in [4.69, 9.17) is 17.0 Å². The number of thiocarbonyl (C=S) groups is 1. The van der Waals surface area contributed by atoms with Gasteiger partial charge in [-0.25, -0.2) is 4.98 Å². The number of benzene rings is 2. The van der Waals surface area contributed by atoms with Gasteiger partial charge in [0.15, 0.2) is 10.2 Å². The Morgan fingerprint density at radius 3 is 2.65 bits per heavy atom. The van der Waals surface area contributed by atoms with Gasteiger partial charge < -0.3 is 10.1 Å². The number of nitrogens with one attached hydrogen (secondary N) is 2. The molecule has 0 aliphatic rings. The lowest BCUT2D eigenvalue weighted by Gasteiger charge is -2.08. The molecule has 134 valence electrons. The summed E-state index contributed by atoms with van der Waals surface area (Å²) in [5.74, 6) is 0.448. The number of aromatic nitrogens is 1. The third-order valence-electron chi connectivity index (χ3n) is 3.70. The molecule has 7 heteroatoms. The van der Waals surface area contributed by atoms with Gasteiger partial charge in [0.1, 0.15) is 5.75 Å². The van der Waals surface area contributed by atoms with E-state index in [2.05, 4.69) is 34.7 Å². The summed E-state index contributed by atoms with van der Waals surface area (Å²) in [7, 11) is 0. The van der Waals surface area contributed by atoms with Crippen LogP contribution < -0.4 is 15.4 Å². The Labute approximate surface area is 161 Å². The minimum atomic E-state index is -0.279. The van der Waals surface area contributed by atoms with Crippen LogP contribution in [0.5, 0.6) is 5.75 Å². The van der Waals surface area contributed by atoms with E-state index in [1.165, 1.54) is 16.9 Å². The molecule has 5 nitrogen and oxygen atoms in total. The van der Waals surface area contributed by atoms with Gasteiger partial charge >= 0.3 is 0 Å². The smallest absolute Gasteiger partial charge is 0.257 e. The van der Waals surface area contributed by atoms with Crippen LogP contribution in [0.15, 0.2) is 36.4 Å². The molecule has 1 amide bonds. The van der Waals surface area contributed by atoms with Crippen LogP contribution in [0, 0.1) is 13.8 Å². The molecule has 0 fully saturated rings. The molecule has 0 aliphatic carbocycles. The first-order valence-electron chi connectivity index (χ1n) is 8.19. The van der Waals surface area contributed by atoms with E-state index in [-0.39, 0.29) is 11.0 Å². The first kappa shape index (κ1) is 18.3. The van der Waals surface area contributed by atoms with E-state index in [0.717, 1.165) is 21.5 Å². The summed E-state index contributed by atoms with van der Waals surface area (Å²) >= 11 is 6.75. The van der Waals surface area contributed by atoms with Crippen molar-refractivity contribution in [1.29, 1.82) is 0 Å². The second kappa shape index (κ2) is 7.80. The van der Waals surface area contributed by atoms with Crippen molar-refractivity contribution in [2.45, 2.75) is 20.8 Å². The van der Waals surface area contributed by atoms with Crippen molar-refractivity contribution in [1.82, 2.24) is 10.3 Å². The van der Waals surface area contributed by atoms with Crippen LogP contribution in [0.3, 0.4) is 0 Å². The third-order valence-corrected chi connectivity index (χ3v) is 4.83. The SMILES string of the molecule is CCOc1ccc(C(=O)NC(=S)Nc2nc3c(C)cc(C)cc3s2)cc1. The normalized spacial score (nSPS) is 10.6. The van der Waals surface area contributed by atoms with Gasteiger partial charge in [-0.3, -0.25) is 10.1 Å². The number of thiazole rings is 1. The highest BCUT2D eigenvalue weighted by Gasteiger charge is 2.11. The number of hydrogen-bond donors (Lipinski definition) is 2. The van der Waals surface area contributed by atoms with Gasteiger partial charge in [0.2, 0.25) is 0 Å². The Kier molecular flexibility index (Phi) is 5.49. The monoisotopic (exact) mass is 385 g/mol. The molecular formula is C19H19N3O2S2. The molecule has 0 aliphatic heterocycles. The quantitative estimate of drug-likeness (QED) is 0.650. The fourth-order valence-electron chi connectivity index (χ4n) is 2.60. The predicted octanol–water partition coefficient (Wildman–Crippen LogP) is 4.44. The van der Waals surface area contributed by atoms with Crippen LogP contribution in [0.25, 0.3) is 10.2 Å². The molecule has 0 saturated heterocycles. The summed E-state index contributed by atoms with van der Waals surface area (Å²) < 4.78 is 6.46. The fraction of sp³-hybridized carbons (Fsp3) is 0.211. The minimum absolute atomic E-state index is 0.220. The van der Waals surface area contributed by atoms with Gasteiger partial charge in [-0.05, 0) is 74.4 Å². The van der Waals surface area contributed by atoms with E-state index in [1.807, 2.05) is 13.8 Å². The van der Waals surface area contributed by atoms with E-state index in [1.54, 1.807) is 24.3 Å². The van der Waals surface area contributed by atoms with Crippen molar-refractivity contribution < 1.29 is 9.53 Å². The van der Waals surface area contributed by atoms with Crippen molar-refractivity contribution in [2.24, 2.45) is 0 Å². The summed E-state index contributed by atoms with van der Waals surface area (Å²) in [6.07, 6.45) is 0. The zero-order valence-electron chi connectivity index (χ0n) is 14.8. The van der Waals surface area contributed by atoms with E-state index >= 15 is 0 Å². The summed E-state index contributed by atoms with van der Waals surface area (Å²) in [4.78, 5) is 16.8. The van der Waals surface area contributed by atoms with Gasteiger partial charge in [0, 0.05) is 5.56 Å². The molecule has 0 atom stereocenters. The molecule has 1 aromatic heterocycles. The maximum Gasteiger partial charge on any atom is 0.257 e. The van der Waals surface area contributed by atoms with Crippen molar-refractivity contribution in [2.75, 3.05) is 11.9 Å². The molecule has 0 spiro atoms. The number of rotatable bonds is 4. The zero-order chi connectivity index (χ0) is 18.7. The van der Waals surface area contributed by atoms with Crippen LogP contribution in [0.2, 0.25) is 0 Å². The number of ether oxygens (including phenoxy) is 1. The second-order valence-electron chi connectivity index (χ2n) is 5.81. The third kappa shape index (κ3) is 4.17. The molecule has 3 aromatic rings. The Morgan fingerprint density at radius 1 is 1.23 bits per heavy atom. The highest BCUT2D eigenvalue weighted by Crippen LogP contribution is 2.29. The molecule has 26 heavy (non-hydrogen) atoms. The molecule has 0 radical (unpaired) electrons. The molecule has 0 saturated carbocycles. The van der Waals surface area contributed by atoms with Crippen molar-refractivity contribution in [3.8, 4) is 5.75 Å². The number of anilines is 1. The summed E-state index contributed by atoms with van der Waals surface area (Å²) in [5, 5.41) is 6.54. The number of aryl methyl sites for hydroxylation is 2. The van der Waals surface area contributed by atoms with Crippen LogP contribution in [-0.2, 0) is 0 Å². The highest BCUT2D eigenvalue weighted by molar-refractivity contribution is 7.80. The number of nitrogens with zero attached hydrogens (tertiary/aromatic N) is 1. The molecule has 3 rings (SSSR count). The first-order chi connectivity index (χ1) is 12.5. The van der Waals surface area contributed by atoms with Crippen molar-refractivity contribution in [3.63, 3.8) is 0 Å². The summed E-state index contributed by atoms with van der Waals surface area (Å²) in [6.45, 7) is 6.59. The van der Waals surface area contributed by atoms with Crippen LogP contribution in [0.1, 0.15) is 28.4 Å². The lowest BCUT2D eigenvalue weighted by molar-refractivity contribution is 0.0977. The minimum Gasteiger partial charge on any atom is -0.494 e. The number of amides is 1. The Bertz CT molecular complexity index is 965. The van der Waals surface area contributed by atoms with Crippen molar-refractivity contribution >= 4 is 49.9 Å². The number of carbonyl (C=O) groups excluding carboxylic acids is 1. The highest BCUT2D eigenvalue weighted by atomic mass is 32.1. The molecule has 0 bridgehead atoms. The van der Waals surface area contributed by atoms with Gasteiger partial charge in [0.25, 0.3) is 5.91 Å². The average Bonchev–Trinajstić information content (AvgIpc) is 2.98. The molecule has 0 unspecified atom stereocenters. The largest absolute Gasteiger partial charge is 0.494 e. The standard InChI is InChI=1S/C19H19N3O2S2/c1-4-24-14-7-5-13(6-8-14)17(23)21-18(25)22-19-20-16-12(3)9-11(2)10-15(16)26-19/h5-10H,4H2,1-3H3,(H2,20,21,22,23,25). The predicted molar refractivity (Wildman–Crippen MR) is 110 cm³/mol. The second-order valence-corrected chi connectivity index (χ2v) is 7.25. The lowest BCUT2D eigenvalue weighted by Crippen LogP contribution is -2.34. The van der Waals surface area contributed by atoms with E-state index in [9.17, 15) is 4.79 Å². The summed E-state index contributed by atoms with van der Waals surface area (Å²) in [6, 6.07) is 11.1. The lowest BCUT2D eigenvalue weighted by atomic mass is 10.1. The van der Waals surface area contributed by atoms with Crippen LogP contribution >= 0.6 is 23.6 Å². The fourth-order valence-corrected chi connectivity index (χ4v) is 3.90. The Balaban J connectivity index is 1.66. The van der Waals surface area contributed by atoms with Gasteiger partial charge in [-0.15, -0.1) is 0 Å². The van der Waals surface area contributed by atoms with E-state index in [0.29, 0.717) is 17.3 Å². The summed E-state index contributed by atoms with van der Waals surface area (Å²) in [5.41, 5.74) is 3.77. The van der Waals surface area contributed by atoms with Gasteiger partial charge in [-0.2, -0.15) is 0 Å². The number of carbonyl (C=O) groups is 1. The first-order valence-corrected chi connectivity index (χ1v) is 9.41.